The van der Waals surface area contributed by atoms with Crippen molar-refractivity contribution < 1.29 is 23.9 Å². The lowest BCUT2D eigenvalue weighted by atomic mass is 10.1. The van der Waals surface area contributed by atoms with E-state index in [1.807, 2.05) is 51.1 Å². The maximum absolute atomic E-state index is 12.6. The molecule has 0 saturated carbocycles. The molecule has 0 aliphatic carbocycles. The largest absolute Gasteiger partial charge is 0.457 e. The molecule has 1 saturated heterocycles. The third kappa shape index (κ3) is 6.57. The van der Waals surface area contributed by atoms with E-state index in [0.717, 1.165) is 27.8 Å². The lowest BCUT2D eigenvalue weighted by Gasteiger charge is -2.17. The van der Waals surface area contributed by atoms with Gasteiger partial charge in [0.05, 0.1) is 5.92 Å². The zero-order valence-corrected chi connectivity index (χ0v) is 22.6. The summed E-state index contributed by atoms with van der Waals surface area (Å²) in [5, 5.41) is 2.78. The molecule has 2 amide bonds. The maximum Gasteiger partial charge on any atom is 0.311 e. The number of rotatable bonds is 8. The van der Waals surface area contributed by atoms with Crippen molar-refractivity contribution in [1.82, 2.24) is 0 Å². The van der Waals surface area contributed by atoms with Gasteiger partial charge < -0.3 is 19.7 Å². The summed E-state index contributed by atoms with van der Waals surface area (Å²) in [5.74, 6) is -0.399. The van der Waals surface area contributed by atoms with Gasteiger partial charge >= 0.3 is 5.97 Å². The van der Waals surface area contributed by atoms with Crippen molar-refractivity contribution in [3.05, 3.63) is 81.8 Å². The first-order valence-electron chi connectivity index (χ1n) is 12.1. The number of hydrogen-bond donors (Lipinski definition) is 1. The molecule has 0 aromatic heterocycles. The number of aryl methyl sites for hydroxylation is 3. The first-order chi connectivity index (χ1) is 17.7. The summed E-state index contributed by atoms with van der Waals surface area (Å²) in [7, 11) is 0. The second kappa shape index (κ2) is 11.6. The molecule has 37 heavy (non-hydrogen) atoms. The Morgan fingerprint density at radius 2 is 1.73 bits per heavy atom. The number of carbonyl (C=O) groups is 3. The van der Waals surface area contributed by atoms with Crippen molar-refractivity contribution in [2.45, 2.75) is 33.6 Å². The quantitative estimate of drug-likeness (QED) is 0.341. The highest BCUT2D eigenvalue weighted by Gasteiger charge is 2.36. The van der Waals surface area contributed by atoms with E-state index in [0.29, 0.717) is 17.1 Å². The average molecular weight is 565 g/mol. The number of esters is 1. The predicted molar refractivity (Wildman–Crippen MR) is 146 cm³/mol. The molecular weight excluding hydrogens is 536 g/mol. The summed E-state index contributed by atoms with van der Waals surface area (Å²) in [6.45, 7) is 5.86. The van der Waals surface area contributed by atoms with Gasteiger partial charge in [0.25, 0.3) is 5.91 Å². The second-order valence-corrected chi connectivity index (χ2v) is 9.97. The van der Waals surface area contributed by atoms with Gasteiger partial charge in [0.15, 0.2) is 6.61 Å². The van der Waals surface area contributed by atoms with E-state index in [1.165, 1.54) is 5.56 Å². The van der Waals surface area contributed by atoms with Crippen molar-refractivity contribution in [1.29, 1.82) is 0 Å². The zero-order valence-electron chi connectivity index (χ0n) is 21.0. The van der Waals surface area contributed by atoms with Crippen molar-refractivity contribution in [3.63, 3.8) is 0 Å². The summed E-state index contributed by atoms with van der Waals surface area (Å²) in [4.78, 5) is 39.1. The molecule has 1 fully saturated rings. The van der Waals surface area contributed by atoms with E-state index in [2.05, 4.69) is 21.2 Å². The van der Waals surface area contributed by atoms with Gasteiger partial charge in [0, 0.05) is 28.8 Å². The second-order valence-electron chi connectivity index (χ2n) is 9.06. The van der Waals surface area contributed by atoms with Crippen LogP contribution < -0.4 is 15.0 Å². The van der Waals surface area contributed by atoms with Crippen LogP contribution >= 0.6 is 15.9 Å². The number of ether oxygens (including phenoxy) is 2. The van der Waals surface area contributed by atoms with Gasteiger partial charge in [-0.15, -0.1) is 0 Å². The SMILES string of the molecule is CCc1cc(Br)ccc1NC(=O)COC(=O)[C@@H]1CC(=O)N(c2ccc(Oc3ccc(C)c(C)c3)cc2)C1. The fraction of sp³-hybridized carbons (Fsp3) is 0.276. The van der Waals surface area contributed by atoms with Crippen LogP contribution in [0.3, 0.4) is 0 Å². The van der Waals surface area contributed by atoms with Crippen molar-refractivity contribution in [2.75, 3.05) is 23.4 Å². The minimum absolute atomic E-state index is 0.0358. The number of carbonyl (C=O) groups excluding carboxylic acids is 3. The van der Waals surface area contributed by atoms with Crippen LogP contribution in [0.25, 0.3) is 0 Å². The zero-order chi connectivity index (χ0) is 26.5. The Balaban J connectivity index is 1.30. The summed E-state index contributed by atoms with van der Waals surface area (Å²) < 4.78 is 12.1. The van der Waals surface area contributed by atoms with Gasteiger partial charge in [-0.1, -0.05) is 28.9 Å². The third-order valence-electron chi connectivity index (χ3n) is 6.39. The van der Waals surface area contributed by atoms with Gasteiger partial charge in [-0.2, -0.15) is 0 Å². The number of benzene rings is 3. The van der Waals surface area contributed by atoms with Gasteiger partial charge in [0.2, 0.25) is 5.91 Å². The van der Waals surface area contributed by atoms with Crippen molar-refractivity contribution >= 4 is 45.1 Å². The first kappa shape index (κ1) is 26.4. The summed E-state index contributed by atoms with van der Waals surface area (Å²) in [5.41, 5.74) is 4.66. The van der Waals surface area contributed by atoms with Gasteiger partial charge in [-0.3, -0.25) is 14.4 Å². The van der Waals surface area contributed by atoms with Crippen LogP contribution in [0, 0.1) is 19.8 Å². The average Bonchev–Trinajstić information content (AvgIpc) is 3.28. The Morgan fingerprint density at radius 3 is 2.43 bits per heavy atom. The number of nitrogens with one attached hydrogen (secondary N) is 1. The molecule has 0 bridgehead atoms. The molecule has 192 valence electrons. The van der Waals surface area contributed by atoms with Crippen molar-refractivity contribution in [2.24, 2.45) is 5.92 Å². The predicted octanol–water partition coefficient (Wildman–Crippen LogP) is 5.96. The summed E-state index contributed by atoms with van der Waals surface area (Å²) in [6.07, 6.45) is 0.779. The highest BCUT2D eigenvalue weighted by molar-refractivity contribution is 9.10. The third-order valence-corrected chi connectivity index (χ3v) is 6.88. The number of anilines is 2. The molecule has 1 N–H and O–H groups in total. The fourth-order valence-corrected chi connectivity index (χ4v) is 4.55. The summed E-state index contributed by atoms with van der Waals surface area (Å²) >= 11 is 3.42. The molecule has 0 radical (unpaired) electrons. The summed E-state index contributed by atoms with van der Waals surface area (Å²) in [6, 6.07) is 18.6. The standard InChI is InChI=1S/C29H29BrN2O5/c1-4-20-14-22(30)6-12-26(20)31-27(33)17-36-29(35)21-15-28(34)32(16-21)23-7-10-24(11-8-23)37-25-9-5-18(2)19(3)13-25/h5-14,21H,4,15-17H2,1-3H3,(H,31,33)/t21-/m1/s1. The van der Waals surface area contributed by atoms with Gasteiger partial charge in [-0.05, 0) is 91.6 Å². The van der Waals surface area contributed by atoms with E-state index >= 15 is 0 Å². The molecule has 7 nitrogen and oxygen atoms in total. The van der Waals surface area contributed by atoms with Gasteiger partial charge in [-0.25, -0.2) is 0 Å². The number of halogens is 1. The Labute approximate surface area is 224 Å². The Kier molecular flexibility index (Phi) is 8.28. The van der Waals surface area contributed by atoms with Crippen LogP contribution in [0.1, 0.15) is 30.0 Å². The van der Waals surface area contributed by atoms with E-state index in [4.69, 9.17) is 9.47 Å². The lowest BCUT2D eigenvalue weighted by molar-refractivity contribution is -0.151. The molecule has 1 aliphatic heterocycles. The van der Waals surface area contributed by atoms with Crippen LogP contribution in [0.5, 0.6) is 11.5 Å². The maximum atomic E-state index is 12.6. The molecule has 8 heteroatoms. The molecule has 0 spiro atoms. The van der Waals surface area contributed by atoms with Crippen molar-refractivity contribution in [3.8, 4) is 11.5 Å². The van der Waals surface area contributed by atoms with Crippen LogP contribution in [-0.2, 0) is 25.5 Å². The Bertz CT molecular complexity index is 1320. The van der Waals surface area contributed by atoms with Crippen LogP contribution in [0.2, 0.25) is 0 Å². The molecule has 3 aromatic carbocycles. The topological polar surface area (TPSA) is 84.9 Å². The fourth-order valence-electron chi connectivity index (χ4n) is 4.14. The minimum Gasteiger partial charge on any atom is -0.457 e. The van der Waals surface area contributed by atoms with E-state index in [-0.39, 0.29) is 18.9 Å². The number of nitrogens with zero attached hydrogens (tertiary/aromatic N) is 1. The normalized spacial score (nSPS) is 15.0. The Hall–Kier alpha value is -3.65. The molecule has 1 atom stereocenters. The smallest absolute Gasteiger partial charge is 0.311 e. The van der Waals surface area contributed by atoms with E-state index in [1.54, 1.807) is 35.2 Å². The van der Waals surface area contributed by atoms with Gasteiger partial charge in [0.1, 0.15) is 11.5 Å². The number of amides is 2. The molecule has 4 rings (SSSR count). The molecule has 0 unspecified atom stereocenters. The Morgan fingerprint density at radius 1 is 1.00 bits per heavy atom. The van der Waals surface area contributed by atoms with Crippen LogP contribution in [-0.4, -0.2) is 30.9 Å². The molecule has 3 aromatic rings. The number of hydrogen-bond acceptors (Lipinski definition) is 5. The molecule has 1 heterocycles. The van der Waals surface area contributed by atoms with E-state index in [9.17, 15) is 14.4 Å². The highest BCUT2D eigenvalue weighted by atomic mass is 79.9. The molecular formula is C29H29BrN2O5. The first-order valence-corrected chi connectivity index (χ1v) is 12.9. The molecule has 1 aliphatic rings. The minimum atomic E-state index is -0.634. The van der Waals surface area contributed by atoms with E-state index < -0.39 is 24.4 Å². The lowest BCUT2D eigenvalue weighted by Crippen LogP contribution is -2.28. The van der Waals surface area contributed by atoms with Crippen LogP contribution in [0.15, 0.2) is 65.1 Å². The monoisotopic (exact) mass is 564 g/mol. The highest BCUT2D eigenvalue weighted by Crippen LogP contribution is 2.30. The van der Waals surface area contributed by atoms with Crippen LogP contribution in [0.4, 0.5) is 11.4 Å².